The number of aryl methyl sites for hydroxylation is 1. The van der Waals surface area contributed by atoms with Crippen LogP contribution in [0.2, 0.25) is 5.02 Å². The molecule has 1 aromatic carbocycles. The minimum Gasteiger partial charge on any atom is -0.399 e. The lowest BCUT2D eigenvalue weighted by atomic mass is 10.2. The average molecular weight is 280 g/mol. The summed E-state index contributed by atoms with van der Waals surface area (Å²) in [6.07, 6.45) is 1.49. The van der Waals surface area contributed by atoms with Crippen LogP contribution in [-0.2, 0) is 13.1 Å². The fourth-order valence-corrected chi connectivity index (χ4v) is 2.05. The predicted octanol–water partition coefficient (Wildman–Crippen LogP) is 1.31. The van der Waals surface area contributed by atoms with Gasteiger partial charge in [-0.05, 0) is 24.6 Å². The molecular formula is C13H14ClN3O2. The van der Waals surface area contributed by atoms with Crippen molar-refractivity contribution in [2.45, 2.75) is 20.0 Å². The number of hydrogen-bond donors (Lipinski definition) is 1. The third-order valence-corrected chi connectivity index (χ3v) is 3.24. The lowest BCUT2D eigenvalue weighted by Gasteiger charge is -2.09. The van der Waals surface area contributed by atoms with Gasteiger partial charge in [-0.25, -0.2) is 4.79 Å². The second-order valence-electron chi connectivity index (χ2n) is 4.16. The zero-order valence-electron chi connectivity index (χ0n) is 10.5. The Kier molecular flexibility index (Phi) is 3.76. The molecule has 0 aliphatic carbocycles. The first-order valence-corrected chi connectivity index (χ1v) is 6.25. The summed E-state index contributed by atoms with van der Waals surface area (Å²) in [5.74, 6) is 0. The molecule has 0 atom stereocenters. The van der Waals surface area contributed by atoms with E-state index in [1.807, 2.05) is 6.92 Å². The van der Waals surface area contributed by atoms with Gasteiger partial charge in [0.1, 0.15) is 0 Å². The van der Waals surface area contributed by atoms with Crippen LogP contribution in [0.15, 0.2) is 40.1 Å². The molecule has 0 saturated heterocycles. The van der Waals surface area contributed by atoms with Crippen molar-refractivity contribution in [2.24, 2.45) is 0 Å². The van der Waals surface area contributed by atoms with Crippen LogP contribution in [0.1, 0.15) is 12.5 Å². The molecule has 0 saturated carbocycles. The van der Waals surface area contributed by atoms with Crippen LogP contribution in [-0.4, -0.2) is 9.13 Å². The van der Waals surface area contributed by atoms with Crippen molar-refractivity contribution in [3.05, 3.63) is 61.9 Å². The highest BCUT2D eigenvalue weighted by atomic mass is 35.5. The third-order valence-electron chi connectivity index (χ3n) is 2.89. The number of nitrogens with zero attached hydrogens (tertiary/aromatic N) is 2. The van der Waals surface area contributed by atoms with Gasteiger partial charge in [-0.2, -0.15) is 0 Å². The first kappa shape index (κ1) is 13.4. The van der Waals surface area contributed by atoms with Gasteiger partial charge in [0.05, 0.1) is 6.54 Å². The lowest BCUT2D eigenvalue weighted by Crippen LogP contribution is -2.39. The van der Waals surface area contributed by atoms with Gasteiger partial charge >= 0.3 is 5.69 Å². The van der Waals surface area contributed by atoms with Gasteiger partial charge in [-0.3, -0.25) is 9.36 Å². The first-order valence-electron chi connectivity index (χ1n) is 5.87. The van der Waals surface area contributed by atoms with Crippen molar-refractivity contribution < 1.29 is 0 Å². The molecule has 6 heteroatoms. The number of rotatable bonds is 3. The zero-order chi connectivity index (χ0) is 14.0. The number of hydrogen-bond acceptors (Lipinski definition) is 3. The van der Waals surface area contributed by atoms with Crippen molar-refractivity contribution in [1.29, 1.82) is 0 Å². The quantitative estimate of drug-likeness (QED) is 0.862. The highest BCUT2D eigenvalue weighted by Gasteiger charge is 2.07. The highest BCUT2D eigenvalue weighted by Crippen LogP contribution is 2.19. The minimum atomic E-state index is -0.345. The Morgan fingerprint density at radius 3 is 2.63 bits per heavy atom. The van der Waals surface area contributed by atoms with Crippen LogP contribution in [0.5, 0.6) is 0 Å². The molecule has 0 amide bonds. The second-order valence-corrected chi connectivity index (χ2v) is 4.57. The minimum absolute atomic E-state index is 0.137. The summed E-state index contributed by atoms with van der Waals surface area (Å²) < 4.78 is 2.62. The largest absolute Gasteiger partial charge is 0.399 e. The molecule has 19 heavy (non-hydrogen) atoms. The normalized spacial score (nSPS) is 10.6. The zero-order valence-corrected chi connectivity index (χ0v) is 11.2. The Balaban J connectivity index is 2.49. The molecule has 0 aliphatic rings. The summed E-state index contributed by atoms with van der Waals surface area (Å²) in [5, 5.41) is 0.443. The molecular weight excluding hydrogens is 266 g/mol. The van der Waals surface area contributed by atoms with E-state index in [2.05, 4.69) is 0 Å². The van der Waals surface area contributed by atoms with E-state index < -0.39 is 0 Å². The topological polar surface area (TPSA) is 70.0 Å². The Morgan fingerprint density at radius 2 is 2.00 bits per heavy atom. The number of anilines is 1. The number of aromatic nitrogens is 2. The summed E-state index contributed by atoms with van der Waals surface area (Å²) in [7, 11) is 0. The fraction of sp³-hybridized carbons (Fsp3) is 0.231. The molecule has 0 bridgehead atoms. The predicted molar refractivity (Wildman–Crippen MR) is 75.6 cm³/mol. The Bertz CT molecular complexity index is 719. The molecule has 2 N–H and O–H groups in total. The van der Waals surface area contributed by atoms with E-state index in [1.54, 1.807) is 18.2 Å². The SMILES string of the molecule is CCn1ccc(=O)n(Cc2ccc(N)cc2Cl)c1=O. The van der Waals surface area contributed by atoms with Gasteiger partial charge in [-0.1, -0.05) is 17.7 Å². The maximum absolute atomic E-state index is 12.1. The molecule has 2 rings (SSSR count). The van der Waals surface area contributed by atoms with Crippen molar-refractivity contribution in [2.75, 3.05) is 5.73 Å². The smallest absolute Gasteiger partial charge is 0.331 e. The summed E-state index contributed by atoms with van der Waals surface area (Å²) in [4.78, 5) is 23.8. The van der Waals surface area contributed by atoms with E-state index in [0.29, 0.717) is 22.8 Å². The van der Waals surface area contributed by atoms with Gasteiger partial charge in [0.2, 0.25) is 0 Å². The first-order chi connectivity index (χ1) is 9.02. The van der Waals surface area contributed by atoms with Gasteiger partial charge in [0.25, 0.3) is 5.56 Å². The van der Waals surface area contributed by atoms with E-state index >= 15 is 0 Å². The van der Waals surface area contributed by atoms with E-state index in [1.165, 1.54) is 16.8 Å². The molecule has 5 nitrogen and oxygen atoms in total. The number of nitrogens with two attached hydrogens (primary N) is 1. The molecule has 0 unspecified atom stereocenters. The molecule has 1 heterocycles. The van der Waals surface area contributed by atoms with Crippen molar-refractivity contribution in [1.82, 2.24) is 9.13 Å². The van der Waals surface area contributed by atoms with Crippen molar-refractivity contribution >= 4 is 17.3 Å². The monoisotopic (exact) mass is 279 g/mol. The number of halogens is 1. The van der Waals surface area contributed by atoms with Crippen LogP contribution < -0.4 is 17.0 Å². The van der Waals surface area contributed by atoms with E-state index in [9.17, 15) is 9.59 Å². The molecule has 1 aromatic heterocycles. The lowest BCUT2D eigenvalue weighted by molar-refractivity contribution is 0.600. The average Bonchev–Trinajstić information content (AvgIpc) is 2.37. The fourth-order valence-electron chi connectivity index (χ4n) is 1.81. The van der Waals surface area contributed by atoms with Crippen LogP contribution in [0.3, 0.4) is 0 Å². The maximum atomic E-state index is 12.1. The van der Waals surface area contributed by atoms with Gasteiger partial charge in [0.15, 0.2) is 0 Å². The van der Waals surface area contributed by atoms with Crippen LogP contribution >= 0.6 is 11.6 Å². The van der Waals surface area contributed by atoms with Gasteiger partial charge in [0, 0.05) is 29.5 Å². The molecule has 0 radical (unpaired) electrons. The molecule has 0 fully saturated rings. The molecule has 100 valence electrons. The van der Waals surface area contributed by atoms with Crippen molar-refractivity contribution in [3.63, 3.8) is 0 Å². The standard InChI is InChI=1S/C13H14ClN3O2/c1-2-16-6-5-12(18)17(13(16)19)8-9-3-4-10(15)7-11(9)14/h3-7H,2,8,15H2,1H3. The van der Waals surface area contributed by atoms with Crippen LogP contribution in [0.25, 0.3) is 0 Å². The maximum Gasteiger partial charge on any atom is 0.331 e. The summed E-state index contributed by atoms with van der Waals surface area (Å²) >= 11 is 6.05. The molecule has 0 spiro atoms. The third kappa shape index (κ3) is 2.71. The van der Waals surface area contributed by atoms with E-state index in [-0.39, 0.29) is 17.8 Å². The van der Waals surface area contributed by atoms with Crippen LogP contribution in [0.4, 0.5) is 5.69 Å². The van der Waals surface area contributed by atoms with Gasteiger partial charge < -0.3 is 10.3 Å². The number of benzene rings is 1. The molecule has 0 aliphatic heterocycles. The summed E-state index contributed by atoms with van der Waals surface area (Å²) in [6.45, 7) is 2.48. The Hall–Kier alpha value is -2.01. The van der Waals surface area contributed by atoms with E-state index in [4.69, 9.17) is 17.3 Å². The summed E-state index contributed by atoms with van der Waals surface area (Å²) in [5.41, 5.74) is 6.14. The second kappa shape index (κ2) is 5.32. The Labute approximate surface area is 114 Å². The van der Waals surface area contributed by atoms with Crippen LogP contribution in [0, 0.1) is 0 Å². The summed E-state index contributed by atoms with van der Waals surface area (Å²) in [6, 6.07) is 6.37. The van der Waals surface area contributed by atoms with E-state index in [0.717, 1.165) is 4.57 Å². The molecule has 2 aromatic rings. The van der Waals surface area contributed by atoms with Crippen molar-refractivity contribution in [3.8, 4) is 0 Å². The van der Waals surface area contributed by atoms with Gasteiger partial charge in [-0.15, -0.1) is 0 Å². The Morgan fingerprint density at radius 1 is 1.26 bits per heavy atom. The highest BCUT2D eigenvalue weighted by molar-refractivity contribution is 6.31. The number of nitrogen functional groups attached to an aromatic ring is 1.